The Bertz CT molecular complexity index is 1070. The van der Waals surface area contributed by atoms with Crippen LogP contribution in [0.4, 0.5) is 11.4 Å². The zero-order chi connectivity index (χ0) is 23.4. The van der Waals surface area contributed by atoms with Crippen LogP contribution in [0.3, 0.4) is 0 Å². The number of allylic oxidation sites excluding steroid dienone is 2. The van der Waals surface area contributed by atoms with E-state index in [0.717, 1.165) is 13.1 Å². The molecule has 7 nitrogen and oxygen atoms in total. The molecule has 2 aromatic carbocycles. The van der Waals surface area contributed by atoms with Crippen molar-refractivity contribution in [1.29, 1.82) is 0 Å². The molecule has 1 aliphatic carbocycles. The lowest BCUT2D eigenvalue weighted by molar-refractivity contribution is -0.313. The molecular weight excluding hydrogens is 418 g/mol. The third kappa shape index (κ3) is 4.92. The van der Waals surface area contributed by atoms with Crippen LogP contribution in [0, 0.1) is 18.8 Å². The van der Waals surface area contributed by atoms with Gasteiger partial charge in [0, 0.05) is 43.8 Å². The second kappa shape index (κ2) is 9.90. The van der Waals surface area contributed by atoms with Crippen LogP contribution in [-0.2, 0) is 9.59 Å². The van der Waals surface area contributed by atoms with Gasteiger partial charge in [-0.2, -0.15) is 0 Å². The Morgan fingerprint density at radius 2 is 1.52 bits per heavy atom. The maximum absolute atomic E-state index is 13.3. The van der Waals surface area contributed by atoms with E-state index in [1.54, 1.807) is 35.2 Å². The average Bonchev–Trinajstić information content (AvgIpc) is 2.84. The molecule has 1 aliphatic heterocycles. The normalized spacial score (nSPS) is 20.4. The van der Waals surface area contributed by atoms with Crippen LogP contribution in [0.15, 0.2) is 60.7 Å². The predicted octanol–water partition coefficient (Wildman–Crippen LogP) is 2.23. The number of piperazine rings is 1. The number of aryl methyl sites for hydroxylation is 1. The topological polar surface area (TPSA) is 92.8 Å². The van der Waals surface area contributed by atoms with Crippen LogP contribution in [0.2, 0.25) is 0 Å². The van der Waals surface area contributed by atoms with Crippen molar-refractivity contribution in [2.24, 2.45) is 11.8 Å². The molecule has 1 saturated heterocycles. The number of carbonyl (C=O) groups is 3. The number of rotatable bonds is 5. The van der Waals surface area contributed by atoms with Gasteiger partial charge in [0.05, 0.1) is 17.2 Å². The standard InChI is InChI=1S/C26H29N3O4/c1-18-8-2-7-13-23(18)28-14-16-29(17-15-28)25(31)21-11-5-6-12-22(21)27-24(30)19-9-3-4-10-20(19)26(32)33/h2-8,11-13,19-20H,9-10,14-17H2,1H3,(H,27,30)(H,32,33)/p-1/t19-,20-/m1/s1. The summed E-state index contributed by atoms with van der Waals surface area (Å²) in [4.78, 5) is 41.7. The van der Waals surface area contributed by atoms with Crippen molar-refractivity contribution in [3.63, 3.8) is 0 Å². The van der Waals surface area contributed by atoms with E-state index in [0.29, 0.717) is 30.8 Å². The highest BCUT2D eigenvalue weighted by Crippen LogP contribution is 2.28. The highest BCUT2D eigenvalue weighted by Gasteiger charge is 2.31. The van der Waals surface area contributed by atoms with E-state index < -0.39 is 23.7 Å². The first-order valence-electron chi connectivity index (χ1n) is 11.3. The van der Waals surface area contributed by atoms with E-state index in [9.17, 15) is 19.5 Å². The van der Waals surface area contributed by atoms with Crippen LogP contribution >= 0.6 is 0 Å². The monoisotopic (exact) mass is 446 g/mol. The molecule has 0 radical (unpaired) electrons. The Morgan fingerprint density at radius 3 is 2.21 bits per heavy atom. The molecule has 0 bridgehead atoms. The van der Waals surface area contributed by atoms with Crippen molar-refractivity contribution in [3.8, 4) is 0 Å². The fraction of sp³-hybridized carbons (Fsp3) is 0.346. The number of para-hydroxylation sites is 2. The molecule has 0 spiro atoms. The van der Waals surface area contributed by atoms with Crippen molar-refractivity contribution in [1.82, 2.24) is 4.90 Å². The van der Waals surface area contributed by atoms with E-state index in [4.69, 9.17) is 0 Å². The van der Waals surface area contributed by atoms with Gasteiger partial charge in [0.2, 0.25) is 5.91 Å². The van der Waals surface area contributed by atoms with Crippen molar-refractivity contribution in [3.05, 3.63) is 71.8 Å². The number of amides is 2. The van der Waals surface area contributed by atoms with Gasteiger partial charge in [0.1, 0.15) is 0 Å². The lowest BCUT2D eigenvalue weighted by atomic mass is 9.82. The first-order chi connectivity index (χ1) is 16.0. The molecule has 2 aliphatic rings. The average molecular weight is 447 g/mol. The van der Waals surface area contributed by atoms with Gasteiger partial charge in [0.15, 0.2) is 0 Å². The largest absolute Gasteiger partial charge is 0.550 e. The minimum Gasteiger partial charge on any atom is -0.550 e. The zero-order valence-corrected chi connectivity index (χ0v) is 18.7. The molecule has 2 aromatic rings. The molecular formula is C26H28N3O4-. The second-order valence-electron chi connectivity index (χ2n) is 8.58. The first kappa shape index (κ1) is 22.6. The number of aliphatic carboxylic acids is 1. The van der Waals surface area contributed by atoms with E-state index in [-0.39, 0.29) is 12.3 Å². The van der Waals surface area contributed by atoms with Gasteiger partial charge < -0.3 is 25.0 Å². The van der Waals surface area contributed by atoms with Crippen LogP contribution in [0.5, 0.6) is 0 Å². The quantitative estimate of drug-likeness (QED) is 0.711. The molecule has 1 heterocycles. The van der Waals surface area contributed by atoms with Crippen LogP contribution in [0.1, 0.15) is 28.8 Å². The molecule has 33 heavy (non-hydrogen) atoms. The molecule has 0 unspecified atom stereocenters. The lowest BCUT2D eigenvalue weighted by Crippen LogP contribution is -2.49. The number of carboxylic acids is 1. The van der Waals surface area contributed by atoms with Gasteiger partial charge in [-0.05, 0) is 43.5 Å². The number of benzene rings is 2. The van der Waals surface area contributed by atoms with E-state index in [2.05, 4.69) is 29.3 Å². The highest BCUT2D eigenvalue weighted by molar-refractivity contribution is 6.04. The number of nitrogens with zero attached hydrogens (tertiary/aromatic N) is 2. The summed E-state index contributed by atoms with van der Waals surface area (Å²) >= 11 is 0. The molecule has 4 rings (SSSR count). The Morgan fingerprint density at radius 1 is 0.879 bits per heavy atom. The van der Waals surface area contributed by atoms with E-state index in [1.807, 2.05) is 18.2 Å². The van der Waals surface area contributed by atoms with Crippen LogP contribution in [0.25, 0.3) is 0 Å². The number of hydrogen-bond donors (Lipinski definition) is 1. The summed E-state index contributed by atoms with van der Waals surface area (Å²) < 4.78 is 0. The summed E-state index contributed by atoms with van der Waals surface area (Å²) in [6.07, 6.45) is 4.18. The molecule has 0 saturated carbocycles. The maximum atomic E-state index is 13.3. The number of carboxylic acid groups (broad SMARTS) is 1. The first-order valence-corrected chi connectivity index (χ1v) is 11.3. The van der Waals surface area contributed by atoms with Crippen molar-refractivity contribution in [2.75, 3.05) is 36.4 Å². The Kier molecular flexibility index (Phi) is 6.77. The third-order valence-corrected chi connectivity index (χ3v) is 6.51. The SMILES string of the molecule is Cc1ccccc1N1CCN(C(=O)c2ccccc2NC(=O)[C@@H]2CC=CC[C@H]2C(=O)[O-])CC1. The van der Waals surface area contributed by atoms with Crippen LogP contribution < -0.4 is 15.3 Å². The molecule has 2 atom stereocenters. The molecule has 2 amide bonds. The van der Waals surface area contributed by atoms with Gasteiger partial charge in [0.25, 0.3) is 5.91 Å². The summed E-state index contributed by atoms with van der Waals surface area (Å²) in [7, 11) is 0. The minimum atomic E-state index is -1.23. The molecule has 1 fully saturated rings. The Hall–Kier alpha value is -3.61. The summed E-state index contributed by atoms with van der Waals surface area (Å²) in [5.41, 5.74) is 3.20. The van der Waals surface area contributed by atoms with Crippen molar-refractivity contribution in [2.45, 2.75) is 19.8 Å². The molecule has 7 heteroatoms. The Balaban J connectivity index is 1.45. The lowest BCUT2D eigenvalue weighted by Gasteiger charge is -2.37. The second-order valence-corrected chi connectivity index (χ2v) is 8.58. The zero-order valence-electron chi connectivity index (χ0n) is 18.7. The van der Waals surface area contributed by atoms with Gasteiger partial charge >= 0.3 is 0 Å². The third-order valence-electron chi connectivity index (χ3n) is 6.51. The molecule has 1 N–H and O–H groups in total. The highest BCUT2D eigenvalue weighted by atomic mass is 16.4. The summed E-state index contributed by atoms with van der Waals surface area (Å²) in [5, 5.41) is 14.3. The van der Waals surface area contributed by atoms with E-state index >= 15 is 0 Å². The fourth-order valence-electron chi connectivity index (χ4n) is 4.61. The smallest absolute Gasteiger partial charge is 0.256 e. The molecule has 172 valence electrons. The maximum Gasteiger partial charge on any atom is 0.256 e. The number of anilines is 2. The summed E-state index contributed by atoms with van der Waals surface area (Å²) in [5.74, 6) is -3.36. The molecule has 0 aromatic heterocycles. The van der Waals surface area contributed by atoms with Gasteiger partial charge in [-0.25, -0.2) is 0 Å². The minimum absolute atomic E-state index is 0.143. The van der Waals surface area contributed by atoms with Crippen LogP contribution in [-0.4, -0.2) is 48.9 Å². The Labute approximate surface area is 193 Å². The van der Waals surface area contributed by atoms with Gasteiger partial charge in [-0.15, -0.1) is 0 Å². The summed E-state index contributed by atoms with van der Waals surface area (Å²) in [6.45, 7) is 4.70. The van der Waals surface area contributed by atoms with Crippen molar-refractivity contribution >= 4 is 29.2 Å². The predicted molar refractivity (Wildman–Crippen MR) is 125 cm³/mol. The van der Waals surface area contributed by atoms with E-state index in [1.165, 1.54) is 11.3 Å². The van der Waals surface area contributed by atoms with Crippen molar-refractivity contribution < 1.29 is 19.5 Å². The number of nitrogens with one attached hydrogen (secondary N) is 1. The number of carbonyl (C=O) groups excluding carboxylic acids is 3. The summed E-state index contributed by atoms with van der Waals surface area (Å²) in [6, 6.07) is 15.1. The van der Waals surface area contributed by atoms with Gasteiger partial charge in [-0.1, -0.05) is 42.5 Å². The fourth-order valence-corrected chi connectivity index (χ4v) is 4.61. The number of hydrogen-bond acceptors (Lipinski definition) is 5. The van der Waals surface area contributed by atoms with Gasteiger partial charge in [-0.3, -0.25) is 9.59 Å².